The Balaban J connectivity index is 1.82. The number of rotatable bonds is 8. The lowest BCUT2D eigenvalue weighted by Gasteiger charge is -2.23. The molecule has 138 valence electrons. The number of benzene rings is 1. The van der Waals surface area contributed by atoms with Gasteiger partial charge in [0.05, 0.1) is 19.8 Å². The number of hydrogen-bond donors (Lipinski definition) is 2. The van der Waals surface area contributed by atoms with Crippen molar-refractivity contribution in [1.82, 2.24) is 5.32 Å². The van der Waals surface area contributed by atoms with Gasteiger partial charge in [0.1, 0.15) is 17.4 Å². The van der Waals surface area contributed by atoms with Gasteiger partial charge in [0.25, 0.3) is 0 Å². The van der Waals surface area contributed by atoms with E-state index in [1.54, 1.807) is 19.1 Å². The number of carboxylic acids is 1. The first kappa shape index (κ1) is 19.2. The average Bonchev–Trinajstić information content (AvgIpc) is 2.64. The molecule has 7 heteroatoms. The van der Waals surface area contributed by atoms with E-state index < -0.39 is 12.1 Å². The van der Waals surface area contributed by atoms with Gasteiger partial charge in [-0.3, -0.25) is 4.79 Å². The zero-order chi connectivity index (χ0) is 18.2. The van der Waals surface area contributed by atoms with Crippen LogP contribution in [0.15, 0.2) is 18.2 Å². The Hall–Kier alpha value is -2.12. The van der Waals surface area contributed by atoms with E-state index in [0.717, 1.165) is 25.9 Å². The van der Waals surface area contributed by atoms with Crippen LogP contribution in [0.3, 0.4) is 0 Å². The number of ether oxygens (including phenoxy) is 3. The number of amides is 1. The molecule has 0 aliphatic carbocycles. The van der Waals surface area contributed by atoms with Crippen LogP contribution in [0.2, 0.25) is 0 Å². The fourth-order valence-corrected chi connectivity index (χ4v) is 2.63. The summed E-state index contributed by atoms with van der Waals surface area (Å²) in [6, 6.07) is 4.78. The Labute approximate surface area is 147 Å². The van der Waals surface area contributed by atoms with Crippen molar-refractivity contribution in [3.8, 4) is 5.75 Å². The predicted octanol–water partition coefficient (Wildman–Crippen LogP) is 1.98. The van der Waals surface area contributed by atoms with Gasteiger partial charge in [-0.05, 0) is 43.9 Å². The van der Waals surface area contributed by atoms with E-state index in [0.29, 0.717) is 12.2 Å². The molecule has 0 bridgehead atoms. The van der Waals surface area contributed by atoms with E-state index in [-0.39, 0.29) is 29.9 Å². The number of methoxy groups -OCH3 is 1. The third-order valence-corrected chi connectivity index (χ3v) is 4.14. The maximum atomic E-state index is 12.1. The highest BCUT2D eigenvalue weighted by Gasteiger charge is 2.19. The number of hydrogen-bond acceptors (Lipinski definition) is 5. The summed E-state index contributed by atoms with van der Waals surface area (Å²) in [5.41, 5.74) is 0.738. The van der Waals surface area contributed by atoms with Crippen LogP contribution in [0.25, 0.3) is 0 Å². The minimum atomic E-state index is -1.07. The van der Waals surface area contributed by atoms with E-state index >= 15 is 0 Å². The normalized spacial score (nSPS) is 18.4. The molecule has 1 aliphatic heterocycles. The van der Waals surface area contributed by atoms with E-state index in [1.165, 1.54) is 13.2 Å². The van der Waals surface area contributed by atoms with Gasteiger partial charge in [-0.2, -0.15) is 0 Å². The number of carbonyl (C=O) groups is 2. The van der Waals surface area contributed by atoms with Gasteiger partial charge in [-0.15, -0.1) is 0 Å². The zero-order valence-electron chi connectivity index (χ0n) is 14.6. The molecule has 0 spiro atoms. The third-order valence-electron chi connectivity index (χ3n) is 4.14. The number of carboxylic acid groups (broad SMARTS) is 1. The summed E-state index contributed by atoms with van der Waals surface area (Å²) in [6.07, 6.45) is 2.62. The van der Waals surface area contributed by atoms with Crippen molar-refractivity contribution in [2.75, 3.05) is 20.3 Å². The highest BCUT2D eigenvalue weighted by atomic mass is 16.5. The third kappa shape index (κ3) is 5.72. The molecule has 1 aromatic rings. The topological polar surface area (TPSA) is 94.1 Å². The molecule has 7 nitrogen and oxygen atoms in total. The first-order valence-corrected chi connectivity index (χ1v) is 8.42. The van der Waals surface area contributed by atoms with Gasteiger partial charge in [-0.25, -0.2) is 4.79 Å². The molecule has 2 rings (SSSR count). The van der Waals surface area contributed by atoms with Crippen molar-refractivity contribution in [2.45, 2.75) is 44.9 Å². The SMILES string of the molecule is COc1ccc(CNC(=O)C(C)OCC2CCCCO2)cc1C(=O)O. The van der Waals surface area contributed by atoms with Gasteiger partial charge in [0.15, 0.2) is 0 Å². The first-order chi connectivity index (χ1) is 12.0. The largest absolute Gasteiger partial charge is 0.496 e. The second-order valence-corrected chi connectivity index (χ2v) is 6.02. The summed E-state index contributed by atoms with van der Waals surface area (Å²) < 4.78 is 16.2. The van der Waals surface area contributed by atoms with Crippen LogP contribution in [0.4, 0.5) is 0 Å². The molecule has 1 amide bonds. The summed E-state index contributed by atoms with van der Waals surface area (Å²) in [4.78, 5) is 23.3. The lowest BCUT2D eigenvalue weighted by atomic mass is 10.1. The highest BCUT2D eigenvalue weighted by molar-refractivity contribution is 5.91. The van der Waals surface area contributed by atoms with E-state index in [2.05, 4.69) is 5.32 Å². The Morgan fingerprint density at radius 1 is 1.40 bits per heavy atom. The van der Waals surface area contributed by atoms with Crippen molar-refractivity contribution >= 4 is 11.9 Å². The Morgan fingerprint density at radius 3 is 2.84 bits per heavy atom. The zero-order valence-corrected chi connectivity index (χ0v) is 14.6. The van der Waals surface area contributed by atoms with Crippen LogP contribution in [-0.2, 0) is 20.8 Å². The molecule has 0 aromatic heterocycles. The van der Waals surface area contributed by atoms with Crippen molar-refractivity contribution in [3.05, 3.63) is 29.3 Å². The van der Waals surface area contributed by atoms with Gasteiger partial charge in [0.2, 0.25) is 5.91 Å². The van der Waals surface area contributed by atoms with Crippen molar-refractivity contribution in [1.29, 1.82) is 0 Å². The van der Waals surface area contributed by atoms with Gasteiger partial charge < -0.3 is 24.6 Å². The predicted molar refractivity (Wildman–Crippen MR) is 90.8 cm³/mol. The van der Waals surface area contributed by atoms with E-state index in [1.807, 2.05) is 0 Å². The molecule has 1 heterocycles. The van der Waals surface area contributed by atoms with Crippen LogP contribution >= 0.6 is 0 Å². The maximum Gasteiger partial charge on any atom is 0.339 e. The summed E-state index contributed by atoms with van der Waals surface area (Å²) >= 11 is 0. The Bertz CT molecular complexity index is 597. The molecule has 1 fully saturated rings. The van der Waals surface area contributed by atoms with Crippen LogP contribution in [0, 0.1) is 0 Å². The second kappa shape index (κ2) is 9.39. The fraction of sp³-hybridized carbons (Fsp3) is 0.556. The highest BCUT2D eigenvalue weighted by Crippen LogP contribution is 2.20. The van der Waals surface area contributed by atoms with Gasteiger partial charge in [-0.1, -0.05) is 6.07 Å². The standard InChI is InChI=1S/C18H25NO6/c1-12(25-11-14-5-3-4-8-24-14)17(20)19-10-13-6-7-16(23-2)15(9-13)18(21)22/h6-7,9,12,14H,3-5,8,10-11H2,1-2H3,(H,19,20)(H,21,22). The van der Waals surface area contributed by atoms with Crippen LogP contribution in [0.1, 0.15) is 42.1 Å². The molecular formula is C18H25NO6. The second-order valence-electron chi connectivity index (χ2n) is 6.02. The summed E-state index contributed by atoms with van der Waals surface area (Å²) in [7, 11) is 1.41. The Morgan fingerprint density at radius 2 is 2.20 bits per heavy atom. The van der Waals surface area contributed by atoms with Crippen molar-refractivity contribution < 1.29 is 28.9 Å². The molecule has 1 saturated heterocycles. The molecule has 25 heavy (non-hydrogen) atoms. The van der Waals surface area contributed by atoms with Crippen LogP contribution in [-0.4, -0.2) is 49.5 Å². The molecular weight excluding hydrogens is 326 g/mol. The monoisotopic (exact) mass is 351 g/mol. The van der Waals surface area contributed by atoms with Gasteiger partial charge >= 0.3 is 5.97 Å². The van der Waals surface area contributed by atoms with Gasteiger partial charge in [0, 0.05) is 13.2 Å². The number of nitrogens with one attached hydrogen (secondary N) is 1. The van der Waals surface area contributed by atoms with E-state index in [4.69, 9.17) is 14.2 Å². The molecule has 2 atom stereocenters. The molecule has 0 radical (unpaired) electrons. The number of aromatic carboxylic acids is 1. The van der Waals surface area contributed by atoms with Crippen molar-refractivity contribution in [2.24, 2.45) is 0 Å². The van der Waals surface area contributed by atoms with Crippen LogP contribution in [0.5, 0.6) is 5.75 Å². The number of carbonyl (C=O) groups excluding carboxylic acids is 1. The molecule has 1 aromatic carbocycles. The minimum absolute atomic E-state index is 0.0590. The summed E-state index contributed by atoms with van der Waals surface area (Å²) in [5.74, 6) is -1.04. The Kier molecular flexibility index (Phi) is 7.21. The lowest BCUT2D eigenvalue weighted by Crippen LogP contribution is -2.36. The minimum Gasteiger partial charge on any atom is -0.496 e. The fourth-order valence-electron chi connectivity index (χ4n) is 2.63. The first-order valence-electron chi connectivity index (χ1n) is 8.42. The molecule has 0 saturated carbocycles. The van der Waals surface area contributed by atoms with Crippen LogP contribution < -0.4 is 10.1 Å². The lowest BCUT2D eigenvalue weighted by molar-refractivity contribution is -0.135. The van der Waals surface area contributed by atoms with E-state index in [9.17, 15) is 14.7 Å². The summed E-state index contributed by atoms with van der Waals surface area (Å²) in [6.45, 7) is 3.06. The summed E-state index contributed by atoms with van der Waals surface area (Å²) in [5, 5.41) is 11.9. The smallest absolute Gasteiger partial charge is 0.339 e. The maximum absolute atomic E-state index is 12.1. The molecule has 1 aliphatic rings. The van der Waals surface area contributed by atoms with Crippen molar-refractivity contribution in [3.63, 3.8) is 0 Å². The molecule has 2 unspecified atom stereocenters. The quantitative estimate of drug-likeness (QED) is 0.744. The average molecular weight is 351 g/mol. The molecule has 2 N–H and O–H groups in total.